The van der Waals surface area contributed by atoms with Crippen molar-refractivity contribution in [3.63, 3.8) is 0 Å². The summed E-state index contributed by atoms with van der Waals surface area (Å²) in [7, 11) is 0. The molecule has 0 fully saturated rings. The topological polar surface area (TPSA) is 154 Å². The van der Waals surface area contributed by atoms with Crippen LogP contribution in [0.4, 0.5) is 0 Å². The number of aliphatic hydroxyl groups excluding tert-OH is 3. The third-order valence-electron chi connectivity index (χ3n) is 6.46. The summed E-state index contributed by atoms with van der Waals surface area (Å²) < 4.78 is 4.56. The summed E-state index contributed by atoms with van der Waals surface area (Å²) >= 11 is 0. The van der Waals surface area contributed by atoms with Crippen molar-refractivity contribution >= 4 is 12.4 Å². The van der Waals surface area contributed by atoms with E-state index in [9.17, 15) is 24.9 Å². The van der Waals surface area contributed by atoms with E-state index in [4.69, 9.17) is 10.4 Å². The van der Waals surface area contributed by atoms with Gasteiger partial charge in [0.25, 0.3) is 6.47 Å². The van der Waals surface area contributed by atoms with Gasteiger partial charge >= 0.3 is 5.97 Å². The molecule has 0 aromatic rings. The Labute approximate surface area is 317 Å². The van der Waals surface area contributed by atoms with Gasteiger partial charge in [0.15, 0.2) is 0 Å². The molecule has 0 aliphatic carbocycles. The zero-order chi connectivity index (χ0) is 39.5. The van der Waals surface area contributed by atoms with E-state index in [1.165, 1.54) is 0 Å². The fraction of sp³-hybridized carbons (Fsp3) is 0.409. The van der Waals surface area contributed by atoms with Gasteiger partial charge in [-0.25, -0.2) is 4.89 Å². The van der Waals surface area contributed by atoms with E-state index in [1.54, 1.807) is 30.4 Å². The number of hydrogen-bond acceptors (Lipinski definition) is 8. The van der Waals surface area contributed by atoms with Crippen molar-refractivity contribution in [1.82, 2.24) is 0 Å². The Hall–Kier alpha value is -4.56. The first kappa shape index (κ1) is 50.5. The van der Waals surface area contributed by atoms with Gasteiger partial charge in [-0.2, -0.15) is 0 Å². The molecule has 0 saturated carbocycles. The van der Waals surface area contributed by atoms with E-state index in [2.05, 4.69) is 35.3 Å². The Bertz CT molecular complexity index is 1280. The first-order valence-corrected chi connectivity index (χ1v) is 18.2. The normalized spacial score (nSPS) is 14.9. The average Bonchev–Trinajstić information content (AvgIpc) is 3.14. The number of rotatable bonds is 28. The second-order valence-corrected chi connectivity index (χ2v) is 11.2. The minimum absolute atomic E-state index is 0.0270. The van der Waals surface area contributed by atoms with Crippen LogP contribution < -0.4 is 0 Å². The molecule has 0 amide bonds. The highest BCUT2D eigenvalue weighted by Gasteiger charge is 2.00. The number of hydrogen-bond donors (Lipinski definition) is 5. The number of carbonyl (C=O) groups excluding carboxylic acids is 1. The maximum absolute atomic E-state index is 10.3. The number of carboxylic acids is 1. The SMILES string of the molecule is CC/C=C\C[C@@H](O)/C=C/C=C\C/C=C\C=C\[C@@H](C/C=C\CCOC=O)OO.CC/C=C\C[C@H](O)/C=C/C=C\C/C=C\C=C\[C@@H](O)CC#CCCC(=O)O. The van der Waals surface area contributed by atoms with Crippen molar-refractivity contribution in [3.05, 3.63) is 134 Å². The average molecular weight is 735 g/mol. The molecule has 0 aromatic carbocycles. The molecule has 0 aliphatic rings. The van der Waals surface area contributed by atoms with E-state index in [1.807, 2.05) is 103 Å². The summed E-state index contributed by atoms with van der Waals surface area (Å²) in [6, 6.07) is 0. The Balaban J connectivity index is 0. The van der Waals surface area contributed by atoms with Crippen LogP contribution in [0.25, 0.3) is 0 Å². The largest absolute Gasteiger partial charge is 0.481 e. The van der Waals surface area contributed by atoms with Crippen LogP contribution in [0.1, 0.15) is 84.5 Å². The molecule has 53 heavy (non-hydrogen) atoms. The predicted molar refractivity (Wildman–Crippen MR) is 216 cm³/mol. The third-order valence-corrected chi connectivity index (χ3v) is 6.46. The van der Waals surface area contributed by atoms with Gasteiger partial charge in [-0.15, -0.1) is 11.8 Å². The van der Waals surface area contributed by atoms with Crippen LogP contribution in [0.2, 0.25) is 0 Å². The van der Waals surface area contributed by atoms with Crippen molar-refractivity contribution in [2.24, 2.45) is 0 Å². The predicted octanol–water partition coefficient (Wildman–Crippen LogP) is 8.62. The highest BCUT2D eigenvalue weighted by molar-refractivity contribution is 5.67. The fourth-order valence-corrected chi connectivity index (χ4v) is 3.70. The van der Waals surface area contributed by atoms with Crippen molar-refractivity contribution in [2.75, 3.05) is 6.61 Å². The Morgan fingerprint density at radius 3 is 1.58 bits per heavy atom. The van der Waals surface area contributed by atoms with Crippen molar-refractivity contribution in [2.45, 2.75) is 109 Å². The van der Waals surface area contributed by atoms with E-state index in [-0.39, 0.29) is 6.42 Å². The fourth-order valence-electron chi connectivity index (χ4n) is 3.70. The van der Waals surface area contributed by atoms with Gasteiger partial charge in [0.05, 0.1) is 31.3 Å². The van der Waals surface area contributed by atoms with Gasteiger partial charge in [-0.05, 0) is 51.4 Å². The van der Waals surface area contributed by atoms with Crippen molar-refractivity contribution < 1.29 is 44.9 Å². The lowest BCUT2D eigenvalue weighted by molar-refractivity contribution is -0.264. The number of carboxylic acid groups (broad SMARTS) is 1. The minimum atomic E-state index is -0.866. The van der Waals surface area contributed by atoms with E-state index >= 15 is 0 Å². The van der Waals surface area contributed by atoms with E-state index in [0.717, 1.165) is 25.7 Å². The molecule has 0 unspecified atom stereocenters. The quantitative estimate of drug-likeness (QED) is 0.0101. The van der Waals surface area contributed by atoms with E-state index < -0.39 is 30.4 Å². The van der Waals surface area contributed by atoms with Crippen LogP contribution in [0.15, 0.2) is 134 Å². The van der Waals surface area contributed by atoms with Crippen LogP contribution in [-0.4, -0.2) is 69.1 Å². The molecule has 0 heterocycles. The highest BCUT2D eigenvalue weighted by Crippen LogP contribution is 2.03. The Morgan fingerprint density at radius 2 is 1.11 bits per heavy atom. The second kappa shape index (κ2) is 41.9. The number of aliphatic hydroxyl groups is 3. The van der Waals surface area contributed by atoms with Crippen LogP contribution in [0.3, 0.4) is 0 Å². The van der Waals surface area contributed by atoms with Crippen molar-refractivity contribution in [1.29, 1.82) is 0 Å². The minimum Gasteiger partial charge on any atom is -0.481 e. The smallest absolute Gasteiger partial charge is 0.304 e. The molecule has 0 aliphatic heterocycles. The number of ether oxygens (including phenoxy) is 1. The molecule has 9 heteroatoms. The third kappa shape index (κ3) is 43.5. The van der Waals surface area contributed by atoms with Crippen LogP contribution in [-0.2, 0) is 19.2 Å². The monoisotopic (exact) mass is 734 g/mol. The Kier molecular flexibility index (Phi) is 39.9. The summed E-state index contributed by atoms with van der Waals surface area (Å²) in [4.78, 5) is 24.7. The lowest BCUT2D eigenvalue weighted by atomic mass is 10.2. The number of carbonyl (C=O) groups is 2. The lowest BCUT2D eigenvalue weighted by Crippen LogP contribution is -2.05. The standard InChI is InChI=1S/C22H32O5.C22H30O4/c1-2-3-10-15-21(24)16-11-7-5-4-6-8-12-17-22(27-25)18-13-9-14-19-26-20-23;1-2-3-10-15-20(23)16-11-7-5-4-6-8-12-17-21(24)18-13-9-14-19-22(25)26/h3,5-13,16-17,20-22,24-25H,2,4,14-15,18-19H2,1H3;3,5-8,10-12,16-17,20-21,23-24H,2,4,14-15,18-19H2,1H3,(H,25,26)/b7-5-,8-6-,10-3-,13-9-,16-11+,17-12+;7-5-,8-6-,10-3-,16-11+,17-12+/t21-,22+;20-,21+/m10/s1. The molecule has 0 bridgehead atoms. The van der Waals surface area contributed by atoms with Gasteiger partial charge in [0, 0.05) is 12.8 Å². The van der Waals surface area contributed by atoms with Crippen LogP contribution in [0.5, 0.6) is 0 Å². The molecule has 0 spiro atoms. The molecular weight excluding hydrogens is 672 g/mol. The van der Waals surface area contributed by atoms with Gasteiger partial charge in [0.2, 0.25) is 0 Å². The molecular formula is C44H62O9. The molecule has 5 N–H and O–H groups in total. The first-order valence-electron chi connectivity index (χ1n) is 18.2. The van der Waals surface area contributed by atoms with E-state index in [0.29, 0.717) is 51.6 Å². The van der Waals surface area contributed by atoms with Crippen LogP contribution >= 0.6 is 0 Å². The number of allylic oxidation sites excluding steroid dienone is 14. The summed E-state index contributed by atoms with van der Waals surface area (Å²) in [5.41, 5.74) is 0. The molecule has 9 nitrogen and oxygen atoms in total. The Morgan fingerprint density at radius 1 is 0.623 bits per heavy atom. The molecule has 4 atom stereocenters. The second-order valence-electron chi connectivity index (χ2n) is 11.2. The van der Waals surface area contributed by atoms with Gasteiger partial charge < -0.3 is 25.2 Å². The molecule has 0 aromatic heterocycles. The maximum atomic E-state index is 10.3. The molecule has 0 radical (unpaired) electrons. The van der Waals surface area contributed by atoms with Gasteiger partial charge in [0.1, 0.15) is 6.10 Å². The summed E-state index contributed by atoms with van der Waals surface area (Å²) in [5, 5.41) is 46.3. The number of aliphatic carboxylic acids is 1. The van der Waals surface area contributed by atoms with Crippen molar-refractivity contribution in [3.8, 4) is 11.8 Å². The summed E-state index contributed by atoms with van der Waals surface area (Å²) in [6.07, 6.45) is 45.9. The summed E-state index contributed by atoms with van der Waals surface area (Å²) in [5.74, 6) is 4.61. The molecule has 0 saturated heterocycles. The zero-order valence-corrected chi connectivity index (χ0v) is 31.4. The molecule has 0 rings (SSSR count). The highest BCUT2D eigenvalue weighted by atomic mass is 17.1. The lowest BCUT2D eigenvalue weighted by Gasteiger charge is -2.04. The molecule has 292 valence electrons. The first-order chi connectivity index (χ1) is 25.8. The summed E-state index contributed by atoms with van der Waals surface area (Å²) in [6.45, 7) is 4.89. The van der Waals surface area contributed by atoms with Gasteiger partial charge in [-0.1, -0.05) is 148 Å². The maximum Gasteiger partial charge on any atom is 0.304 e. The van der Waals surface area contributed by atoms with Crippen LogP contribution in [0, 0.1) is 11.8 Å². The van der Waals surface area contributed by atoms with Gasteiger partial charge in [-0.3, -0.25) is 14.8 Å². The zero-order valence-electron chi connectivity index (χ0n) is 31.4.